The number of ketones is 1. The molecule has 1 fully saturated rings. The minimum atomic E-state index is -0.0235. The van der Waals surface area contributed by atoms with Gasteiger partial charge >= 0.3 is 0 Å². The van der Waals surface area contributed by atoms with Gasteiger partial charge in [-0.05, 0) is 40.9 Å². The van der Waals surface area contributed by atoms with Gasteiger partial charge < -0.3 is 0 Å². The highest BCUT2D eigenvalue weighted by atomic mass is 79.9. The Morgan fingerprint density at radius 3 is 2.67 bits per heavy atom. The summed E-state index contributed by atoms with van der Waals surface area (Å²) in [6, 6.07) is 3.84. The maximum Gasteiger partial charge on any atom is 0.178 e. The molecule has 2 rings (SSSR count). The summed E-state index contributed by atoms with van der Waals surface area (Å²) in [6.07, 6.45) is 2.11. The van der Waals surface area contributed by atoms with E-state index in [-0.39, 0.29) is 5.41 Å². The van der Waals surface area contributed by atoms with Gasteiger partial charge in [0.1, 0.15) is 0 Å². The fourth-order valence-corrected chi connectivity index (χ4v) is 2.63. The third kappa shape index (κ3) is 1.36. The van der Waals surface area contributed by atoms with Crippen LogP contribution in [0.2, 0.25) is 0 Å². The molecule has 0 atom stereocenters. The fraction of sp³-hybridized carbons (Fsp3) is 0.444. The summed E-state index contributed by atoms with van der Waals surface area (Å²) in [5, 5.41) is 0. The van der Waals surface area contributed by atoms with E-state index in [2.05, 4.69) is 15.9 Å². The van der Waals surface area contributed by atoms with E-state index in [4.69, 9.17) is 0 Å². The zero-order valence-electron chi connectivity index (χ0n) is 6.76. The molecule has 1 aromatic rings. The van der Waals surface area contributed by atoms with Crippen molar-refractivity contribution in [1.29, 1.82) is 0 Å². The van der Waals surface area contributed by atoms with E-state index in [1.807, 2.05) is 19.1 Å². The van der Waals surface area contributed by atoms with E-state index >= 15 is 0 Å². The van der Waals surface area contributed by atoms with Crippen molar-refractivity contribution in [1.82, 2.24) is 0 Å². The van der Waals surface area contributed by atoms with E-state index in [9.17, 15) is 4.79 Å². The van der Waals surface area contributed by atoms with Gasteiger partial charge in [0.2, 0.25) is 0 Å². The molecule has 1 saturated carbocycles. The number of Topliss-reactive ketones (excluding diaryl/α,β-unsaturated/α-hetero) is 1. The fourth-order valence-electron chi connectivity index (χ4n) is 1.15. The molecule has 0 saturated heterocycles. The highest BCUT2D eigenvalue weighted by Gasteiger charge is 2.45. The molecule has 0 spiro atoms. The van der Waals surface area contributed by atoms with Crippen LogP contribution in [0.5, 0.6) is 0 Å². The van der Waals surface area contributed by atoms with Crippen LogP contribution in [0, 0.1) is 5.41 Å². The summed E-state index contributed by atoms with van der Waals surface area (Å²) in [6.45, 7) is 2.04. The smallest absolute Gasteiger partial charge is 0.178 e. The van der Waals surface area contributed by atoms with Crippen molar-refractivity contribution >= 4 is 33.0 Å². The Hall–Kier alpha value is -0.150. The Morgan fingerprint density at radius 1 is 1.58 bits per heavy atom. The van der Waals surface area contributed by atoms with E-state index < -0.39 is 0 Å². The lowest BCUT2D eigenvalue weighted by atomic mass is 10.0. The molecule has 1 nitrogen and oxygen atoms in total. The predicted octanol–water partition coefficient (Wildman–Crippen LogP) is 3.49. The standard InChI is InChI=1S/C9H9BrOS/c1-9(4-5-9)8(11)6-2-3-7(10)12-6/h2-3H,4-5H2,1H3. The number of rotatable bonds is 2. The Balaban J connectivity index is 2.25. The van der Waals surface area contributed by atoms with Crippen molar-refractivity contribution in [2.24, 2.45) is 5.41 Å². The van der Waals surface area contributed by atoms with E-state index in [0.29, 0.717) is 5.78 Å². The SMILES string of the molecule is CC1(C(=O)c2ccc(Br)s2)CC1. The van der Waals surface area contributed by atoms with Gasteiger partial charge in [0, 0.05) is 5.41 Å². The minimum Gasteiger partial charge on any atom is -0.293 e. The first-order chi connectivity index (χ1) is 5.62. The highest BCUT2D eigenvalue weighted by Crippen LogP contribution is 2.48. The summed E-state index contributed by atoms with van der Waals surface area (Å²) < 4.78 is 1.04. The molecular formula is C9H9BrOS. The summed E-state index contributed by atoms with van der Waals surface area (Å²) in [4.78, 5) is 12.6. The Bertz CT molecular complexity index is 325. The first kappa shape index (κ1) is 8.45. The van der Waals surface area contributed by atoms with Crippen LogP contribution in [0.25, 0.3) is 0 Å². The molecule has 1 aliphatic rings. The maximum absolute atomic E-state index is 11.7. The van der Waals surface area contributed by atoms with Crippen molar-refractivity contribution < 1.29 is 4.79 Å². The lowest BCUT2D eigenvalue weighted by molar-refractivity contribution is 0.0917. The number of carbonyl (C=O) groups excluding carboxylic acids is 1. The normalized spacial score (nSPS) is 19.2. The summed E-state index contributed by atoms with van der Waals surface area (Å²) in [5.74, 6) is 0.318. The van der Waals surface area contributed by atoms with Crippen LogP contribution >= 0.6 is 27.3 Å². The first-order valence-electron chi connectivity index (χ1n) is 3.92. The maximum atomic E-state index is 11.7. The van der Waals surface area contributed by atoms with Crippen molar-refractivity contribution in [2.45, 2.75) is 19.8 Å². The quantitative estimate of drug-likeness (QED) is 0.729. The van der Waals surface area contributed by atoms with Gasteiger partial charge in [0.25, 0.3) is 0 Å². The Kier molecular flexibility index (Phi) is 1.88. The van der Waals surface area contributed by atoms with Gasteiger partial charge in [-0.15, -0.1) is 11.3 Å². The molecular weight excluding hydrogens is 236 g/mol. The molecule has 0 N–H and O–H groups in total. The topological polar surface area (TPSA) is 17.1 Å². The summed E-state index contributed by atoms with van der Waals surface area (Å²) in [7, 11) is 0. The van der Waals surface area contributed by atoms with Crippen LogP contribution in [0.3, 0.4) is 0 Å². The van der Waals surface area contributed by atoms with Crippen LogP contribution < -0.4 is 0 Å². The van der Waals surface area contributed by atoms with Gasteiger partial charge in [-0.25, -0.2) is 0 Å². The zero-order chi connectivity index (χ0) is 8.77. The molecule has 12 heavy (non-hydrogen) atoms. The van der Waals surface area contributed by atoms with Gasteiger partial charge in [0.05, 0.1) is 8.66 Å². The van der Waals surface area contributed by atoms with Crippen molar-refractivity contribution in [3.63, 3.8) is 0 Å². The molecule has 64 valence electrons. The van der Waals surface area contributed by atoms with Gasteiger partial charge in [0.15, 0.2) is 5.78 Å². The lowest BCUT2D eigenvalue weighted by Gasteiger charge is -2.02. The number of hydrogen-bond acceptors (Lipinski definition) is 2. The van der Waals surface area contributed by atoms with Crippen LogP contribution in [-0.2, 0) is 0 Å². The number of carbonyl (C=O) groups is 1. The van der Waals surface area contributed by atoms with Crippen LogP contribution in [-0.4, -0.2) is 5.78 Å². The molecule has 0 radical (unpaired) electrons. The van der Waals surface area contributed by atoms with E-state index in [1.54, 1.807) is 0 Å². The molecule has 1 heterocycles. The molecule has 1 aromatic heterocycles. The minimum absolute atomic E-state index is 0.0235. The number of halogens is 1. The first-order valence-corrected chi connectivity index (χ1v) is 5.53. The number of thiophene rings is 1. The molecule has 0 aliphatic heterocycles. The predicted molar refractivity (Wildman–Crippen MR) is 53.7 cm³/mol. The molecule has 0 amide bonds. The third-order valence-corrected chi connectivity index (χ3v) is 3.97. The summed E-state index contributed by atoms with van der Waals surface area (Å²) >= 11 is 4.88. The third-order valence-electron chi connectivity index (χ3n) is 2.35. The van der Waals surface area contributed by atoms with E-state index in [0.717, 1.165) is 21.5 Å². The lowest BCUT2D eigenvalue weighted by Crippen LogP contribution is -2.09. The second kappa shape index (κ2) is 2.67. The Labute approximate surface area is 83.9 Å². The monoisotopic (exact) mass is 244 g/mol. The second-order valence-electron chi connectivity index (χ2n) is 3.49. The van der Waals surface area contributed by atoms with Crippen LogP contribution in [0.4, 0.5) is 0 Å². The van der Waals surface area contributed by atoms with Crippen molar-refractivity contribution in [2.75, 3.05) is 0 Å². The van der Waals surface area contributed by atoms with Gasteiger partial charge in [-0.1, -0.05) is 6.92 Å². The van der Waals surface area contributed by atoms with Gasteiger partial charge in [-0.2, -0.15) is 0 Å². The molecule has 1 aliphatic carbocycles. The number of hydrogen-bond donors (Lipinski definition) is 0. The average molecular weight is 245 g/mol. The van der Waals surface area contributed by atoms with Crippen molar-refractivity contribution in [3.8, 4) is 0 Å². The van der Waals surface area contributed by atoms with Crippen LogP contribution in [0.1, 0.15) is 29.4 Å². The molecule has 0 bridgehead atoms. The van der Waals surface area contributed by atoms with Crippen LogP contribution in [0.15, 0.2) is 15.9 Å². The molecule has 0 aromatic carbocycles. The molecule has 3 heteroatoms. The zero-order valence-corrected chi connectivity index (χ0v) is 9.17. The van der Waals surface area contributed by atoms with Gasteiger partial charge in [-0.3, -0.25) is 4.79 Å². The van der Waals surface area contributed by atoms with Crippen molar-refractivity contribution in [3.05, 3.63) is 20.8 Å². The summed E-state index contributed by atoms with van der Waals surface area (Å²) in [5.41, 5.74) is -0.0235. The highest BCUT2D eigenvalue weighted by molar-refractivity contribution is 9.11. The Morgan fingerprint density at radius 2 is 2.25 bits per heavy atom. The molecule has 0 unspecified atom stereocenters. The van der Waals surface area contributed by atoms with E-state index in [1.165, 1.54) is 11.3 Å². The largest absolute Gasteiger partial charge is 0.293 e. The average Bonchev–Trinajstić information content (AvgIpc) is 2.62. The second-order valence-corrected chi connectivity index (χ2v) is 5.96.